The topological polar surface area (TPSA) is 3.24 Å². The summed E-state index contributed by atoms with van der Waals surface area (Å²) in [6.45, 7) is 4.93. The molecule has 0 aliphatic heterocycles. The molecular weight excluding hydrogens is 386 g/mol. The molecule has 32 heavy (non-hydrogen) atoms. The van der Waals surface area contributed by atoms with E-state index in [-0.39, 0.29) is 0 Å². The minimum atomic E-state index is 0.327. The van der Waals surface area contributed by atoms with Crippen LogP contribution in [-0.4, -0.2) is 0 Å². The lowest BCUT2D eigenvalue weighted by Crippen LogP contribution is -2.18. The van der Waals surface area contributed by atoms with Gasteiger partial charge in [0.15, 0.2) is 0 Å². The molecule has 1 saturated carbocycles. The Morgan fingerprint density at radius 2 is 1.16 bits per heavy atom. The molecule has 2 atom stereocenters. The van der Waals surface area contributed by atoms with Gasteiger partial charge in [0.05, 0.1) is 5.69 Å². The van der Waals surface area contributed by atoms with E-state index in [4.69, 9.17) is 0 Å². The van der Waals surface area contributed by atoms with E-state index in [2.05, 4.69) is 122 Å². The lowest BCUT2D eigenvalue weighted by Gasteiger charge is -2.30. The number of benzene rings is 4. The van der Waals surface area contributed by atoms with Crippen LogP contribution in [-0.2, 0) is 10.8 Å². The fourth-order valence-electron chi connectivity index (χ4n) is 6.28. The van der Waals surface area contributed by atoms with Crippen LogP contribution in [0, 0.1) is 0 Å². The van der Waals surface area contributed by atoms with Crippen LogP contribution in [0.4, 0.5) is 17.1 Å². The molecule has 2 unspecified atom stereocenters. The zero-order chi connectivity index (χ0) is 21.8. The largest absolute Gasteiger partial charge is 0.310 e. The summed E-state index contributed by atoms with van der Waals surface area (Å²) in [6, 6.07) is 37.4. The zero-order valence-corrected chi connectivity index (χ0v) is 18.9. The van der Waals surface area contributed by atoms with E-state index in [1.54, 1.807) is 11.1 Å². The first-order valence-electron chi connectivity index (χ1n) is 11.7. The van der Waals surface area contributed by atoms with E-state index < -0.39 is 0 Å². The van der Waals surface area contributed by atoms with Gasteiger partial charge in [-0.3, -0.25) is 0 Å². The van der Waals surface area contributed by atoms with Gasteiger partial charge >= 0.3 is 0 Å². The molecule has 0 heterocycles. The van der Waals surface area contributed by atoms with Crippen molar-refractivity contribution in [3.8, 4) is 11.1 Å². The highest BCUT2D eigenvalue weighted by Crippen LogP contribution is 2.61. The Hall–Kier alpha value is -3.32. The van der Waals surface area contributed by atoms with Crippen LogP contribution < -0.4 is 4.90 Å². The van der Waals surface area contributed by atoms with Crippen LogP contribution in [0.2, 0.25) is 0 Å². The van der Waals surface area contributed by atoms with Crippen molar-refractivity contribution in [2.45, 2.75) is 43.9 Å². The van der Waals surface area contributed by atoms with Gasteiger partial charge in [-0.2, -0.15) is 0 Å². The van der Waals surface area contributed by atoms with Crippen LogP contribution in [0.25, 0.3) is 11.1 Å². The van der Waals surface area contributed by atoms with E-state index in [0.717, 1.165) is 0 Å². The Bertz CT molecular complexity index is 1240. The molecule has 0 N–H and O–H groups in total. The van der Waals surface area contributed by atoms with Gasteiger partial charge in [-0.05, 0) is 77.1 Å². The van der Waals surface area contributed by atoms with Gasteiger partial charge in [0.2, 0.25) is 0 Å². The molecule has 1 heteroatoms. The van der Waals surface area contributed by atoms with Gasteiger partial charge < -0.3 is 4.90 Å². The number of fused-ring (bicyclic) bond motifs is 5. The summed E-state index contributed by atoms with van der Waals surface area (Å²) in [5, 5.41) is 0. The molecular formula is C31H29N. The predicted molar refractivity (Wildman–Crippen MR) is 135 cm³/mol. The van der Waals surface area contributed by atoms with E-state index in [1.807, 2.05) is 0 Å². The molecule has 2 bridgehead atoms. The lowest BCUT2D eigenvalue weighted by molar-refractivity contribution is 0.484. The van der Waals surface area contributed by atoms with Crippen molar-refractivity contribution in [1.82, 2.24) is 0 Å². The summed E-state index contributed by atoms with van der Waals surface area (Å²) in [5.41, 5.74) is 9.99. The number of para-hydroxylation sites is 3. The average molecular weight is 416 g/mol. The summed E-state index contributed by atoms with van der Waals surface area (Å²) in [4.78, 5) is 2.37. The Kier molecular flexibility index (Phi) is 4.30. The molecule has 0 amide bonds. The molecule has 6 rings (SSSR count). The molecule has 4 aromatic carbocycles. The fourth-order valence-corrected chi connectivity index (χ4v) is 6.28. The highest BCUT2D eigenvalue weighted by molar-refractivity contribution is 5.88. The quantitative estimate of drug-likeness (QED) is 0.323. The molecule has 0 spiro atoms. The van der Waals surface area contributed by atoms with Crippen LogP contribution in [0.5, 0.6) is 0 Å². The summed E-state index contributed by atoms with van der Waals surface area (Å²) < 4.78 is 0. The third-order valence-corrected chi connectivity index (χ3v) is 7.81. The fraction of sp³-hybridized carbons (Fsp3) is 0.226. The maximum atomic E-state index is 2.49. The summed E-state index contributed by atoms with van der Waals surface area (Å²) in [6.07, 6.45) is 3.92. The highest BCUT2D eigenvalue weighted by Gasteiger charge is 2.52. The molecule has 158 valence electrons. The molecule has 2 aliphatic rings. The van der Waals surface area contributed by atoms with E-state index >= 15 is 0 Å². The van der Waals surface area contributed by atoms with Crippen LogP contribution >= 0.6 is 0 Å². The van der Waals surface area contributed by atoms with Crippen molar-refractivity contribution in [2.75, 3.05) is 4.90 Å². The molecule has 2 aliphatic carbocycles. The number of nitrogens with zero attached hydrogens (tertiary/aromatic N) is 1. The van der Waals surface area contributed by atoms with Crippen LogP contribution in [0.3, 0.4) is 0 Å². The second-order valence-electron chi connectivity index (χ2n) is 10.1. The number of anilines is 3. The normalized spacial score (nSPS) is 23.2. The minimum absolute atomic E-state index is 0.327. The van der Waals surface area contributed by atoms with Crippen molar-refractivity contribution in [3.05, 3.63) is 114 Å². The third kappa shape index (κ3) is 2.92. The Morgan fingerprint density at radius 3 is 1.81 bits per heavy atom. The predicted octanol–water partition coefficient (Wildman–Crippen LogP) is 8.54. The third-order valence-electron chi connectivity index (χ3n) is 7.81. The second-order valence-corrected chi connectivity index (χ2v) is 10.1. The molecule has 0 aromatic heterocycles. The number of rotatable bonds is 4. The summed E-state index contributed by atoms with van der Waals surface area (Å²) >= 11 is 0. The van der Waals surface area contributed by atoms with Gasteiger partial charge in [0.25, 0.3) is 0 Å². The number of hydrogen-bond donors (Lipinski definition) is 0. The standard InChI is InChI=1S/C31H29N/c1-30-19-20-31(2,22-30)28-21-23(17-18-27(28)30)26-15-9-10-16-29(26)32(24-11-5-3-6-12-24)25-13-7-4-8-14-25/h3-18,21H,19-20,22H2,1-2H3. The van der Waals surface area contributed by atoms with Gasteiger partial charge in [0.1, 0.15) is 0 Å². The Morgan fingerprint density at radius 1 is 0.594 bits per heavy atom. The van der Waals surface area contributed by atoms with Gasteiger partial charge in [-0.15, -0.1) is 0 Å². The molecule has 1 fully saturated rings. The summed E-state index contributed by atoms with van der Waals surface area (Å²) in [7, 11) is 0. The molecule has 0 radical (unpaired) electrons. The zero-order valence-electron chi connectivity index (χ0n) is 18.9. The highest BCUT2D eigenvalue weighted by atomic mass is 15.1. The van der Waals surface area contributed by atoms with Crippen molar-refractivity contribution in [2.24, 2.45) is 0 Å². The van der Waals surface area contributed by atoms with Crippen molar-refractivity contribution >= 4 is 17.1 Å². The first-order chi connectivity index (χ1) is 15.6. The van der Waals surface area contributed by atoms with E-state index in [9.17, 15) is 0 Å². The number of hydrogen-bond acceptors (Lipinski definition) is 1. The van der Waals surface area contributed by atoms with Gasteiger partial charge in [-0.25, -0.2) is 0 Å². The first kappa shape index (κ1) is 19.4. The monoisotopic (exact) mass is 415 g/mol. The van der Waals surface area contributed by atoms with Gasteiger partial charge in [-0.1, -0.05) is 86.6 Å². The molecule has 4 aromatic rings. The maximum absolute atomic E-state index is 2.49. The first-order valence-corrected chi connectivity index (χ1v) is 11.7. The Balaban J connectivity index is 1.53. The Labute approximate surface area is 191 Å². The van der Waals surface area contributed by atoms with Crippen molar-refractivity contribution in [3.63, 3.8) is 0 Å². The second kappa shape index (κ2) is 7.10. The van der Waals surface area contributed by atoms with Crippen LogP contribution in [0.1, 0.15) is 44.2 Å². The SMILES string of the molecule is CC12CCC(C)(C1)c1cc(-c3ccccc3N(c3ccccc3)c3ccccc3)ccc12. The van der Waals surface area contributed by atoms with Crippen molar-refractivity contribution < 1.29 is 0 Å². The average Bonchev–Trinajstić information content (AvgIpc) is 3.28. The summed E-state index contributed by atoms with van der Waals surface area (Å²) in [5.74, 6) is 0. The molecule has 1 nitrogen and oxygen atoms in total. The maximum Gasteiger partial charge on any atom is 0.0540 e. The lowest BCUT2D eigenvalue weighted by atomic mass is 9.77. The van der Waals surface area contributed by atoms with Gasteiger partial charge in [0, 0.05) is 16.9 Å². The van der Waals surface area contributed by atoms with Crippen LogP contribution in [0.15, 0.2) is 103 Å². The van der Waals surface area contributed by atoms with E-state index in [0.29, 0.717) is 10.8 Å². The smallest absolute Gasteiger partial charge is 0.0540 e. The van der Waals surface area contributed by atoms with E-state index in [1.165, 1.54) is 47.5 Å². The molecule has 0 saturated heterocycles. The minimum Gasteiger partial charge on any atom is -0.310 e. The van der Waals surface area contributed by atoms with Crippen molar-refractivity contribution in [1.29, 1.82) is 0 Å².